The van der Waals surface area contributed by atoms with Gasteiger partial charge in [-0.2, -0.15) is 0 Å². The van der Waals surface area contributed by atoms with Crippen molar-refractivity contribution in [1.82, 2.24) is 0 Å². The quantitative estimate of drug-likeness (QED) is 0.903. The molecule has 0 aliphatic heterocycles. The van der Waals surface area contributed by atoms with Gasteiger partial charge in [-0.3, -0.25) is 0 Å². The van der Waals surface area contributed by atoms with Crippen LogP contribution >= 0.6 is 11.6 Å². The van der Waals surface area contributed by atoms with Gasteiger partial charge < -0.3 is 14.6 Å². The molecule has 0 unspecified atom stereocenters. The van der Waals surface area contributed by atoms with Crippen LogP contribution in [0.25, 0.3) is 0 Å². The second-order valence-corrected chi connectivity index (χ2v) is 5.04. The first kappa shape index (κ1) is 15.6. The van der Waals surface area contributed by atoms with Crippen LogP contribution < -0.4 is 9.47 Å². The van der Waals surface area contributed by atoms with E-state index < -0.39 is 6.10 Å². The highest BCUT2D eigenvalue weighted by Gasteiger charge is 2.12. The van der Waals surface area contributed by atoms with Crippen molar-refractivity contribution in [3.63, 3.8) is 0 Å². The van der Waals surface area contributed by atoms with Crippen molar-refractivity contribution < 1.29 is 19.0 Å². The molecule has 3 nitrogen and oxygen atoms in total. The lowest BCUT2D eigenvalue weighted by atomic mass is 10.1. The van der Waals surface area contributed by atoms with Gasteiger partial charge in [0.2, 0.25) is 0 Å². The van der Waals surface area contributed by atoms with Gasteiger partial charge >= 0.3 is 0 Å². The zero-order chi connectivity index (χ0) is 15.4. The Morgan fingerprint density at radius 2 is 2.00 bits per heavy atom. The van der Waals surface area contributed by atoms with Gasteiger partial charge in [0.1, 0.15) is 23.9 Å². The first-order valence-electron chi connectivity index (χ1n) is 6.44. The van der Waals surface area contributed by atoms with Crippen molar-refractivity contribution in [2.45, 2.75) is 19.6 Å². The Balaban J connectivity index is 2.24. The second kappa shape index (κ2) is 6.78. The molecule has 2 rings (SSSR count). The summed E-state index contributed by atoms with van der Waals surface area (Å²) < 4.78 is 24.4. The highest BCUT2D eigenvalue weighted by atomic mass is 35.5. The van der Waals surface area contributed by atoms with Gasteiger partial charge in [-0.05, 0) is 37.3 Å². The molecule has 0 aliphatic rings. The van der Waals surface area contributed by atoms with E-state index in [-0.39, 0.29) is 12.4 Å². The number of ether oxygens (including phenoxy) is 2. The summed E-state index contributed by atoms with van der Waals surface area (Å²) in [5.74, 6) is 0.658. The van der Waals surface area contributed by atoms with Crippen molar-refractivity contribution in [1.29, 1.82) is 0 Å². The third-order valence-electron chi connectivity index (χ3n) is 3.06. The molecular weight excluding hydrogens is 295 g/mol. The molecule has 2 aromatic rings. The average Bonchev–Trinajstić information content (AvgIpc) is 2.47. The van der Waals surface area contributed by atoms with Crippen molar-refractivity contribution in [3.8, 4) is 11.5 Å². The third kappa shape index (κ3) is 3.86. The molecule has 21 heavy (non-hydrogen) atoms. The summed E-state index contributed by atoms with van der Waals surface area (Å²) in [5.41, 5.74) is 0.958. The van der Waals surface area contributed by atoms with Gasteiger partial charge in [0.05, 0.1) is 13.2 Å². The summed E-state index contributed by atoms with van der Waals surface area (Å²) in [6.45, 7) is 1.65. The first-order chi connectivity index (χ1) is 10.0. The molecule has 0 amide bonds. The molecule has 0 aromatic heterocycles. The predicted molar refractivity (Wildman–Crippen MR) is 79.4 cm³/mol. The van der Waals surface area contributed by atoms with Gasteiger partial charge in [0.15, 0.2) is 0 Å². The number of aliphatic hydroxyl groups is 1. The number of methoxy groups -OCH3 is 1. The molecule has 0 bridgehead atoms. The van der Waals surface area contributed by atoms with Crippen LogP contribution in [0.2, 0.25) is 5.02 Å². The fraction of sp³-hybridized carbons (Fsp3) is 0.250. The van der Waals surface area contributed by atoms with Crippen LogP contribution in [0.1, 0.15) is 24.2 Å². The smallest absolute Gasteiger partial charge is 0.129 e. The van der Waals surface area contributed by atoms with Crippen LogP contribution in [-0.2, 0) is 6.61 Å². The maximum atomic E-state index is 13.7. The summed E-state index contributed by atoms with van der Waals surface area (Å²) in [7, 11) is 1.54. The molecule has 0 saturated carbocycles. The Morgan fingerprint density at radius 3 is 2.67 bits per heavy atom. The molecule has 0 spiro atoms. The summed E-state index contributed by atoms with van der Waals surface area (Å²) in [6, 6.07) is 9.39. The number of hydrogen-bond donors (Lipinski definition) is 1. The number of halogens is 2. The molecule has 0 radical (unpaired) electrons. The maximum Gasteiger partial charge on any atom is 0.129 e. The Morgan fingerprint density at radius 1 is 1.24 bits per heavy atom. The van der Waals surface area contributed by atoms with Gasteiger partial charge in [0.25, 0.3) is 0 Å². The number of benzene rings is 2. The van der Waals surface area contributed by atoms with Gasteiger partial charge in [-0.15, -0.1) is 0 Å². The van der Waals surface area contributed by atoms with E-state index >= 15 is 0 Å². The number of rotatable bonds is 5. The lowest BCUT2D eigenvalue weighted by molar-refractivity contribution is 0.189. The summed E-state index contributed by atoms with van der Waals surface area (Å²) in [5, 5.41) is 10.2. The minimum atomic E-state index is -0.699. The molecule has 0 aliphatic carbocycles. The normalized spacial score (nSPS) is 12.0. The number of hydrogen-bond acceptors (Lipinski definition) is 3. The highest BCUT2D eigenvalue weighted by Crippen LogP contribution is 2.30. The first-order valence-corrected chi connectivity index (χ1v) is 6.81. The van der Waals surface area contributed by atoms with Crippen molar-refractivity contribution in [2.75, 3.05) is 7.11 Å². The molecule has 0 saturated heterocycles. The third-order valence-corrected chi connectivity index (χ3v) is 3.30. The minimum absolute atomic E-state index is 0.0132. The zero-order valence-corrected chi connectivity index (χ0v) is 12.5. The molecule has 2 aromatic carbocycles. The Kier molecular flexibility index (Phi) is 5.04. The van der Waals surface area contributed by atoms with Crippen LogP contribution in [0.5, 0.6) is 11.5 Å². The van der Waals surface area contributed by atoms with Crippen LogP contribution in [0.4, 0.5) is 4.39 Å². The van der Waals surface area contributed by atoms with Crippen molar-refractivity contribution in [2.24, 2.45) is 0 Å². The van der Waals surface area contributed by atoms with Gasteiger partial charge in [0, 0.05) is 22.2 Å². The molecule has 112 valence electrons. The van der Waals surface area contributed by atoms with E-state index in [1.807, 2.05) is 0 Å². The van der Waals surface area contributed by atoms with Crippen LogP contribution in [0, 0.1) is 5.82 Å². The van der Waals surface area contributed by atoms with E-state index in [4.69, 9.17) is 21.1 Å². The average molecular weight is 311 g/mol. The lowest BCUT2D eigenvalue weighted by Gasteiger charge is -2.15. The van der Waals surface area contributed by atoms with E-state index in [0.717, 1.165) is 0 Å². The zero-order valence-electron chi connectivity index (χ0n) is 11.8. The summed E-state index contributed by atoms with van der Waals surface area (Å²) >= 11 is 5.85. The van der Waals surface area contributed by atoms with E-state index in [0.29, 0.717) is 27.6 Å². The minimum Gasteiger partial charge on any atom is -0.497 e. The van der Waals surface area contributed by atoms with Crippen molar-refractivity contribution >= 4 is 11.6 Å². The lowest BCUT2D eigenvalue weighted by Crippen LogP contribution is -2.03. The van der Waals surface area contributed by atoms with Gasteiger partial charge in [-0.25, -0.2) is 4.39 Å². The van der Waals surface area contributed by atoms with E-state index in [1.165, 1.54) is 25.3 Å². The van der Waals surface area contributed by atoms with E-state index in [1.54, 1.807) is 25.1 Å². The Labute approximate surface area is 127 Å². The molecule has 1 atom stereocenters. The van der Waals surface area contributed by atoms with E-state index in [9.17, 15) is 9.50 Å². The summed E-state index contributed by atoms with van der Waals surface area (Å²) in [4.78, 5) is 0. The number of aliphatic hydroxyl groups excluding tert-OH is 1. The van der Waals surface area contributed by atoms with Crippen molar-refractivity contribution in [3.05, 3.63) is 58.4 Å². The van der Waals surface area contributed by atoms with E-state index in [2.05, 4.69) is 0 Å². The SMILES string of the molecule is COc1ccc([C@@H](C)O)c(OCc2cc(Cl)ccc2F)c1. The van der Waals surface area contributed by atoms with Crippen LogP contribution in [0.15, 0.2) is 36.4 Å². The molecular formula is C16H16ClFO3. The molecule has 0 fully saturated rings. The largest absolute Gasteiger partial charge is 0.497 e. The fourth-order valence-corrected chi connectivity index (χ4v) is 2.12. The molecule has 5 heteroatoms. The Bertz CT molecular complexity index is 629. The van der Waals surface area contributed by atoms with Gasteiger partial charge in [-0.1, -0.05) is 11.6 Å². The van der Waals surface area contributed by atoms with Crippen LogP contribution in [0.3, 0.4) is 0 Å². The topological polar surface area (TPSA) is 38.7 Å². The molecule has 0 heterocycles. The standard InChI is InChI=1S/C16H16ClFO3/c1-10(19)14-5-4-13(20-2)8-16(14)21-9-11-7-12(17)3-6-15(11)18/h3-8,10,19H,9H2,1-2H3/t10-/m1/s1. The fourth-order valence-electron chi connectivity index (χ4n) is 1.92. The Hall–Kier alpha value is -1.78. The van der Waals surface area contributed by atoms with Crippen LogP contribution in [-0.4, -0.2) is 12.2 Å². The maximum absolute atomic E-state index is 13.7. The second-order valence-electron chi connectivity index (χ2n) is 4.60. The predicted octanol–water partition coefficient (Wildman–Crippen LogP) is 4.12. The molecule has 1 N–H and O–H groups in total. The summed E-state index contributed by atoms with van der Waals surface area (Å²) in [6.07, 6.45) is -0.699. The monoisotopic (exact) mass is 310 g/mol. The highest BCUT2D eigenvalue weighted by molar-refractivity contribution is 6.30.